The van der Waals surface area contributed by atoms with Crippen molar-refractivity contribution in [3.63, 3.8) is 0 Å². The topological polar surface area (TPSA) is 88.4 Å². The first-order valence-electron chi connectivity index (χ1n) is 8.76. The van der Waals surface area contributed by atoms with Crippen LogP contribution in [0.15, 0.2) is 60.0 Å². The Labute approximate surface area is 163 Å². The molecule has 0 atom stereocenters. The molecule has 7 heteroatoms. The van der Waals surface area contributed by atoms with E-state index in [4.69, 9.17) is 0 Å². The molecular formula is C21H21N5O2. The van der Waals surface area contributed by atoms with Gasteiger partial charge in [0.15, 0.2) is 0 Å². The molecule has 142 valence electrons. The van der Waals surface area contributed by atoms with E-state index < -0.39 is 0 Å². The summed E-state index contributed by atoms with van der Waals surface area (Å²) >= 11 is 0. The fourth-order valence-electron chi connectivity index (χ4n) is 2.97. The van der Waals surface area contributed by atoms with Gasteiger partial charge in [-0.25, -0.2) is 5.43 Å². The number of aromatic nitrogens is 2. The number of hydrogen-bond donors (Lipinski definition) is 2. The largest absolute Gasteiger partial charge is 0.326 e. The lowest BCUT2D eigenvalue weighted by atomic mass is 10.2. The van der Waals surface area contributed by atoms with Crippen LogP contribution in [-0.4, -0.2) is 27.6 Å². The van der Waals surface area contributed by atoms with E-state index >= 15 is 0 Å². The van der Waals surface area contributed by atoms with Crippen LogP contribution < -0.4 is 10.7 Å². The number of rotatable bonds is 5. The number of carbonyl (C=O) groups is 2. The van der Waals surface area contributed by atoms with E-state index in [0.29, 0.717) is 11.3 Å². The second kappa shape index (κ2) is 8.30. The molecule has 0 fully saturated rings. The van der Waals surface area contributed by atoms with Gasteiger partial charge in [0.1, 0.15) is 0 Å². The van der Waals surface area contributed by atoms with Crippen molar-refractivity contribution in [1.29, 1.82) is 0 Å². The van der Waals surface area contributed by atoms with Crippen LogP contribution in [0.4, 0.5) is 5.69 Å². The third-order valence-corrected chi connectivity index (χ3v) is 4.19. The molecule has 0 aliphatic carbocycles. The Balaban J connectivity index is 1.73. The molecule has 2 heterocycles. The Morgan fingerprint density at radius 2 is 1.96 bits per heavy atom. The molecule has 0 spiro atoms. The van der Waals surface area contributed by atoms with Crippen LogP contribution in [0.2, 0.25) is 0 Å². The number of nitrogens with one attached hydrogen (secondary N) is 2. The van der Waals surface area contributed by atoms with Gasteiger partial charge in [0.05, 0.1) is 18.1 Å². The van der Waals surface area contributed by atoms with Crippen LogP contribution in [0.1, 0.15) is 34.2 Å². The third kappa shape index (κ3) is 4.32. The normalized spacial score (nSPS) is 10.8. The van der Waals surface area contributed by atoms with Crippen LogP contribution in [0, 0.1) is 13.8 Å². The lowest BCUT2D eigenvalue weighted by molar-refractivity contribution is -0.114. The summed E-state index contributed by atoms with van der Waals surface area (Å²) in [5.41, 5.74) is 7.39. The maximum absolute atomic E-state index is 12.3. The van der Waals surface area contributed by atoms with Crippen molar-refractivity contribution in [2.45, 2.75) is 20.8 Å². The minimum atomic E-state index is -0.357. The maximum Gasteiger partial charge on any atom is 0.271 e. The van der Waals surface area contributed by atoms with Crippen LogP contribution in [0.25, 0.3) is 5.69 Å². The van der Waals surface area contributed by atoms with Crippen molar-refractivity contribution in [2.24, 2.45) is 5.10 Å². The fraction of sp³-hybridized carbons (Fsp3) is 0.143. The molecule has 3 aromatic rings. The predicted molar refractivity (Wildman–Crippen MR) is 109 cm³/mol. The number of nitrogens with zero attached hydrogens (tertiary/aromatic N) is 3. The Kier molecular flexibility index (Phi) is 5.64. The second-order valence-corrected chi connectivity index (χ2v) is 6.33. The van der Waals surface area contributed by atoms with Crippen LogP contribution in [0.5, 0.6) is 0 Å². The molecule has 1 aromatic carbocycles. The molecule has 0 aliphatic heterocycles. The van der Waals surface area contributed by atoms with Crippen molar-refractivity contribution in [1.82, 2.24) is 15.0 Å². The minimum absolute atomic E-state index is 0.195. The van der Waals surface area contributed by atoms with E-state index in [2.05, 4.69) is 25.4 Å². The fourth-order valence-corrected chi connectivity index (χ4v) is 2.97. The summed E-state index contributed by atoms with van der Waals surface area (Å²) in [6, 6.07) is 12.5. The summed E-state index contributed by atoms with van der Waals surface area (Å²) < 4.78 is 2.08. The molecule has 0 aliphatic rings. The molecule has 3 rings (SSSR count). The van der Waals surface area contributed by atoms with Gasteiger partial charge >= 0.3 is 0 Å². The maximum atomic E-state index is 12.3. The van der Waals surface area contributed by atoms with Crippen molar-refractivity contribution < 1.29 is 9.59 Å². The number of carbonyl (C=O) groups excluding carboxylic acids is 2. The van der Waals surface area contributed by atoms with Gasteiger partial charge in [0, 0.05) is 41.3 Å². The van der Waals surface area contributed by atoms with Gasteiger partial charge in [0.2, 0.25) is 5.91 Å². The monoisotopic (exact) mass is 375 g/mol. The summed E-state index contributed by atoms with van der Waals surface area (Å²) in [6.07, 6.45) is 5.14. The zero-order valence-electron chi connectivity index (χ0n) is 15.9. The zero-order chi connectivity index (χ0) is 20.1. The average molecular weight is 375 g/mol. The lowest BCUT2D eigenvalue weighted by Gasteiger charge is -2.08. The Morgan fingerprint density at radius 3 is 2.68 bits per heavy atom. The SMILES string of the molecule is CC(=O)Nc1cccc(C(=O)N/N=C\c2cc(C)n(-c3cccnc3)c2C)c1. The Hall–Kier alpha value is -3.74. The smallest absolute Gasteiger partial charge is 0.271 e. The van der Waals surface area contributed by atoms with Gasteiger partial charge in [-0.2, -0.15) is 5.10 Å². The average Bonchev–Trinajstić information content (AvgIpc) is 2.95. The summed E-state index contributed by atoms with van der Waals surface area (Å²) in [5, 5.41) is 6.73. The van der Waals surface area contributed by atoms with E-state index in [1.165, 1.54) is 6.92 Å². The van der Waals surface area contributed by atoms with Gasteiger partial charge in [-0.1, -0.05) is 6.07 Å². The molecule has 7 nitrogen and oxygen atoms in total. The van der Waals surface area contributed by atoms with E-state index in [-0.39, 0.29) is 11.8 Å². The quantitative estimate of drug-likeness (QED) is 0.530. The van der Waals surface area contributed by atoms with Gasteiger partial charge in [0.25, 0.3) is 5.91 Å². The van der Waals surface area contributed by atoms with Crippen LogP contribution in [0.3, 0.4) is 0 Å². The highest BCUT2D eigenvalue weighted by atomic mass is 16.2. The molecule has 2 aromatic heterocycles. The van der Waals surface area contributed by atoms with Gasteiger partial charge < -0.3 is 9.88 Å². The predicted octanol–water partition coefficient (Wildman–Crippen LogP) is 3.21. The van der Waals surface area contributed by atoms with E-state index in [1.807, 2.05) is 32.0 Å². The summed E-state index contributed by atoms with van der Waals surface area (Å²) in [5.74, 6) is -0.552. The number of amides is 2. The highest BCUT2D eigenvalue weighted by molar-refractivity contribution is 5.97. The molecule has 0 unspecified atom stereocenters. The standard InChI is InChI=1S/C21H21N5O2/c1-14-10-18(15(2)26(14)20-8-5-9-22-13-20)12-23-25-21(28)17-6-4-7-19(11-17)24-16(3)27/h4-13H,1-3H3,(H,24,27)(H,25,28)/b23-12-. The number of benzene rings is 1. The van der Waals surface area contributed by atoms with Gasteiger partial charge in [-0.15, -0.1) is 0 Å². The van der Waals surface area contributed by atoms with E-state index in [1.54, 1.807) is 42.9 Å². The first kappa shape index (κ1) is 19.0. The molecule has 0 saturated carbocycles. The van der Waals surface area contributed by atoms with Crippen molar-refractivity contribution in [3.8, 4) is 5.69 Å². The Morgan fingerprint density at radius 1 is 1.14 bits per heavy atom. The van der Waals surface area contributed by atoms with Gasteiger partial charge in [-0.3, -0.25) is 14.6 Å². The van der Waals surface area contributed by atoms with Crippen molar-refractivity contribution in [3.05, 3.63) is 77.4 Å². The first-order chi connectivity index (χ1) is 13.5. The van der Waals surface area contributed by atoms with Gasteiger partial charge in [-0.05, 0) is 50.2 Å². The summed E-state index contributed by atoms with van der Waals surface area (Å²) in [4.78, 5) is 27.6. The molecule has 28 heavy (non-hydrogen) atoms. The highest BCUT2D eigenvalue weighted by Crippen LogP contribution is 2.18. The van der Waals surface area contributed by atoms with E-state index in [9.17, 15) is 9.59 Å². The molecular weight excluding hydrogens is 354 g/mol. The second-order valence-electron chi connectivity index (χ2n) is 6.33. The third-order valence-electron chi connectivity index (χ3n) is 4.19. The Bertz CT molecular complexity index is 1040. The number of pyridine rings is 1. The van der Waals surface area contributed by atoms with Crippen molar-refractivity contribution >= 4 is 23.7 Å². The van der Waals surface area contributed by atoms with Crippen LogP contribution >= 0.6 is 0 Å². The van der Waals surface area contributed by atoms with Crippen molar-refractivity contribution in [2.75, 3.05) is 5.32 Å². The highest BCUT2D eigenvalue weighted by Gasteiger charge is 2.10. The summed E-state index contributed by atoms with van der Waals surface area (Å²) in [6.45, 7) is 5.41. The molecule has 0 saturated heterocycles. The van der Waals surface area contributed by atoms with Crippen LogP contribution in [-0.2, 0) is 4.79 Å². The summed E-state index contributed by atoms with van der Waals surface area (Å²) in [7, 11) is 0. The minimum Gasteiger partial charge on any atom is -0.326 e. The first-order valence-corrected chi connectivity index (χ1v) is 8.76. The number of hydrazone groups is 1. The molecule has 2 N–H and O–H groups in total. The van der Waals surface area contributed by atoms with E-state index in [0.717, 1.165) is 22.6 Å². The zero-order valence-corrected chi connectivity index (χ0v) is 15.9. The lowest BCUT2D eigenvalue weighted by Crippen LogP contribution is -2.18. The number of aryl methyl sites for hydroxylation is 1. The number of anilines is 1. The number of hydrogen-bond acceptors (Lipinski definition) is 4. The molecule has 2 amide bonds. The molecule has 0 bridgehead atoms. The molecule has 0 radical (unpaired) electrons.